The minimum Gasteiger partial charge on any atom is -0.456 e. The number of Topliss-reactive ketones (excluding diaryl/α,β-unsaturated/α-hetero) is 1. The topological polar surface area (TPSA) is 224 Å². The zero-order valence-corrected chi connectivity index (χ0v) is 32.4. The number of ether oxygens (including phenoxy) is 5. The molecular weight excluding hydrogens is 754 g/mol. The lowest BCUT2D eigenvalue weighted by molar-refractivity contribution is -0.346. The Morgan fingerprint density at radius 1 is 0.983 bits per heavy atom. The first-order valence-corrected chi connectivity index (χ1v) is 18.6. The number of hydrogen-bond donors (Lipinski definition) is 5. The summed E-state index contributed by atoms with van der Waals surface area (Å²) in [7, 11) is 0. The quantitative estimate of drug-likeness (QED) is 0.147. The van der Waals surface area contributed by atoms with Gasteiger partial charge in [-0.05, 0) is 63.2 Å². The minimum atomic E-state index is -4.10. The number of amides is 1. The van der Waals surface area contributed by atoms with Crippen LogP contribution in [-0.2, 0) is 38.1 Å². The van der Waals surface area contributed by atoms with Crippen LogP contribution in [0.1, 0.15) is 102 Å². The van der Waals surface area contributed by atoms with Crippen LogP contribution in [0.25, 0.3) is 0 Å². The first-order chi connectivity index (χ1) is 30.7. The molecule has 58 heavy (non-hydrogen) atoms. The van der Waals surface area contributed by atoms with Gasteiger partial charge in [-0.3, -0.25) is 9.59 Å². The van der Waals surface area contributed by atoms with Gasteiger partial charge >= 0.3 is 24.0 Å². The van der Waals surface area contributed by atoms with E-state index in [1.165, 1.54) is 82.3 Å². The summed E-state index contributed by atoms with van der Waals surface area (Å²) < 4.78 is 99.2. The number of hydrogen-bond acceptors (Lipinski definition) is 14. The maximum Gasteiger partial charge on any atom is 0.408 e. The van der Waals surface area contributed by atoms with E-state index in [1.54, 1.807) is 6.07 Å². The Kier molecular flexibility index (Phi) is 8.43. The molecule has 15 nitrogen and oxygen atoms in total. The van der Waals surface area contributed by atoms with E-state index in [-0.39, 0.29) is 28.7 Å². The number of esters is 3. The number of nitrogens with one attached hydrogen (secondary N) is 1. The van der Waals surface area contributed by atoms with Gasteiger partial charge in [0.1, 0.15) is 35.6 Å². The number of ketones is 1. The Morgan fingerprint density at radius 3 is 2.17 bits per heavy atom. The second-order valence-electron chi connectivity index (χ2n) is 16.1. The molecule has 1 saturated heterocycles. The van der Waals surface area contributed by atoms with Crippen LogP contribution in [0, 0.1) is 16.7 Å². The van der Waals surface area contributed by atoms with Gasteiger partial charge in [-0.2, -0.15) is 0 Å². The van der Waals surface area contributed by atoms with Crippen LogP contribution in [-0.4, -0.2) is 110 Å². The highest BCUT2D eigenvalue weighted by Crippen LogP contribution is 2.64. The Balaban J connectivity index is 1.46. The van der Waals surface area contributed by atoms with Gasteiger partial charge < -0.3 is 49.4 Å². The van der Waals surface area contributed by atoms with Crippen molar-refractivity contribution in [2.75, 3.05) is 6.61 Å². The molecule has 3 aliphatic carbocycles. The highest BCUT2D eigenvalue weighted by atomic mass is 16.6. The van der Waals surface area contributed by atoms with Gasteiger partial charge in [-0.25, -0.2) is 14.4 Å². The van der Waals surface area contributed by atoms with E-state index < -0.39 is 140 Å². The van der Waals surface area contributed by atoms with Crippen LogP contribution >= 0.6 is 0 Å². The number of rotatable bonds is 8. The summed E-state index contributed by atoms with van der Waals surface area (Å²) in [5.41, 5.74) is -12.8. The van der Waals surface area contributed by atoms with Crippen LogP contribution in [0.2, 0.25) is 0 Å². The van der Waals surface area contributed by atoms with Crippen molar-refractivity contribution in [1.82, 2.24) is 5.32 Å². The van der Waals surface area contributed by atoms with Crippen LogP contribution in [0.4, 0.5) is 4.79 Å². The number of aliphatic hydroxyl groups excluding tert-OH is 3. The van der Waals surface area contributed by atoms with E-state index in [1.807, 2.05) is 5.32 Å². The Labute approximate surface area is 349 Å². The molecule has 11 atom stereocenters. The van der Waals surface area contributed by atoms with Gasteiger partial charge in [0, 0.05) is 37.5 Å². The fourth-order valence-corrected chi connectivity index (χ4v) is 9.42. The maximum absolute atomic E-state index is 15.0. The van der Waals surface area contributed by atoms with Crippen LogP contribution in [0.3, 0.4) is 0 Å². The predicted molar refractivity (Wildman–Crippen MR) is 204 cm³/mol. The highest BCUT2D eigenvalue weighted by Gasteiger charge is 2.78. The van der Waals surface area contributed by atoms with Crippen molar-refractivity contribution >= 4 is 29.8 Å². The largest absolute Gasteiger partial charge is 0.456 e. The number of carbonyl (C=O) groups is 5. The fourth-order valence-electron chi connectivity index (χ4n) is 9.42. The lowest BCUT2D eigenvalue weighted by atomic mass is 9.44. The maximum atomic E-state index is 15.0. The van der Waals surface area contributed by atoms with E-state index in [9.17, 15) is 39.6 Å². The van der Waals surface area contributed by atoms with E-state index >= 15 is 4.79 Å². The summed E-state index contributed by atoms with van der Waals surface area (Å²) in [6, 6.07) is 12.4. The summed E-state index contributed by atoms with van der Waals surface area (Å²) in [6.45, 7) is -5.70. The third kappa shape index (κ3) is 7.10. The molecule has 0 spiro atoms. The molecule has 1 unspecified atom stereocenters. The Bertz CT molecular complexity index is 2270. The van der Waals surface area contributed by atoms with Gasteiger partial charge in [0.15, 0.2) is 17.5 Å². The van der Waals surface area contributed by atoms with Crippen molar-refractivity contribution in [2.24, 2.45) is 16.7 Å². The van der Waals surface area contributed by atoms with Crippen molar-refractivity contribution in [3.05, 3.63) is 82.9 Å². The normalized spacial score (nSPS) is 36.6. The van der Waals surface area contributed by atoms with Gasteiger partial charge in [-0.15, -0.1) is 0 Å². The summed E-state index contributed by atoms with van der Waals surface area (Å²) in [6.07, 6.45) is -14.1. The number of benzene rings is 2. The van der Waals surface area contributed by atoms with Crippen LogP contribution < -0.4 is 5.32 Å². The molecule has 1 heterocycles. The molecule has 1 amide bonds. The first-order valence-electron chi connectivity index (χ1n) is 23.1. The zero-order chi connectivity index (χ0) is 50.2. The van der Waals surface area contributed by atoms with Gasteiger partial charge in [-0.1, -0.05) is 62.4 Å². The molecule has 2 aromatic rings. The smallest absolute Gasteiger partial charge is 0.408 e. The predicted octanol–water partition coefficient (Wildman–Crippen LogP) is 3.26. The lowest BCUT2D eigenvalue weighted by Gasteiger charge is -2.67. The van der Waals surface area contributed by atoms with Gasteiger partial charge in [0.05, 0.1) is 35.6 Å². The third-order valence-electron chi connectivity index (χ3n) is 12.4. The Hall–Kier alpha value is -4.67. The molecule has 1 aliphatic heterocycles. The van der Waals surface area contributed by atoms with Crippen LogP contribution in [0.15, 0.2) is 71.8 Å². The second-order valence-corrected chi connectivity index (χ2v) is 16.1. The zero-order valence-electron chi connectivity index (χ0n) is 41.4. The highest BCUT2D eigenvalue weighted by molar-refractivity contribution is 5.94. The number of aliphatic hydroxyl groups is 4. The Morgan fingerprint density at radius 2 is 1.60 bits per heavy atom. The molecule has 6 rings (SSSR count). The molecule has 2 aromatic carbocycles. The molecule has 0 aromatic heterocycles. The SMILES string of the molecule is [2H]C([2H])([2H])C(OC(=O)N[C@@H](c1ccccc1)[C@@H](O)C(=O)O[C@H]1CC2(O)[C@@H](OC(=O)c3ccccc3)[C@@H]3[C@]4(OC(C)=O)CO[C@@H]4C[C@H](O)[C@@]3(C)C(=O)[C@H](O)C(=C1C)C2(C)C)(C([2H])([2H])[2H])C([2H])([2H])[2H]. The summed E-state index contributed by atoms with van der Waals surface area (Å²) in [5, 5.41) is 51.3. The van der Waals surface area contributed by atoms with Crippen LogP contribution in [0.5, 0.6) is 0 Å². The fraction of sp³-hybridized carbons (Fsp3) is 0.558. The number of carbonyl (C=O) groups excluding carboxylic acids is 5. The van der Waals surface area contributed by atoms with Crippen molar-refractivity contribution in [3.8, 4) is 0 Å². The molecule has 0 radical (unpaired) electrons. The first kappa shape index (κ1) is 32.2. The van der Waals surface area contributed by atoms with Crippen molar-refractivity contribution in [1.29, 1.82) is 0 Å². The van der Waals surface area contributed by atoms with Crippen molar-refractivity contribution in [3.63, 3.8) is 0 Å². The molecule has 5 N–H and O–H groups in total. The minimum absolute atomic E-state index is 0.0148. The molecular formula is C43H53NO14. The average molecular weight is 817 g/mol. The molecule has 3 fully saturated rings. The molecule has 314 valence electrons. The molecule has 4 aliphatic rings. The summed E-state index contributed by atoms with van der Waals surface area (Å²) in [4.78, 5) is 69.9. The van der Waals surface area contributed by atoms with E-state index in [0.29, 0.717) is 0 Å². The van der Waals surface area contributed by atoms with Crippen molar-refractivity contribution in [2.45, 2.75) is 127 Å². The van der Waals surface area contributed by atoms with Gasteiger partial charge in [0.25, 0.3) is 0 Å². The molecule has 2 bridgehead atoms. The number of fused-ring (bicyclic) bond motifs is 5. The number of alkyl carbamates (subject to hydrolysis) is 1. The second kappa shape index (κ2) is 15.2. The van der Waals surface area contributed by atoms with E-state index in [4.69, 9.17) is 36.0 Å². The molecule has 15 heteroatoms. The van der Waals surface area contributed by atoms with E-state index in [2.05, 4.69) is 0 Å². The molecule has 2 saturated carbocycles. The van der Waals surface area contributed by atoms with E-state index in [0.717, 1.165) is 6.92 Å². The standard InChI is InChI=1S/C43H53NO14/c1-22-26(55-37(51)32(48)30(24-15-11-9-12-16-24)44-38(52)58-39(3,4)5)20-43(53)35(56-36(50)25-17-13-10-14-18-25)33-41(8,34(49)31(47)29(22)40(43,6)7)27(46)19-28-42(33,21-54-28)57-23(2)45/h9-18,26-28,30-33,35,46-48,53H,19-21H2,1-8H3,(H,44,52)/t26-,27-,28+,30-,31+,32+,33-,35-,41+,42-,43?/m0/s1/i3D3,4D3,5D3. The summed E-state index contributed by atoms with van der Waals surface area (Å²) >= 11 is 0. The van der Waals surface area contributed by atoms with Crippen molar-refractivity contribution < 1.29 is 80.4 Å². The summed E-state index contributed by atoms with van der Waals surface area (Å²) in [5.74, 6) is -6.15. The monoisotopic (exact) mass is 816 g/mol. The lowest BCUT2D eigenvalue weighted by Crippen LogP contribution is -2.81. The average Bonchev–Trinajstić information content (AvgIpc) is 3.22. The third-order valence-corrected chi connectivity index (χ3v) is 12.4. The van der Waals surface area contributed by atoms with Gasteiger partial charge in [0.2, 0.25) is 0 Å².